The molecule has 35 heavy (non-hydrogen) atoms. The lowest BCUT2D eigenvalue weighted by molar-refractivity contribution is -0.0134. The van der Waals surface area contributed by atoms with Gasteiger partial charge in [-0.3, -0.25) is 0 Å². The van der Waals surface area contributed by atoms with E-state index in [2.05, 4.69) is 30.0 Å². The van der Waals surface area contributed by atoms with Crippen molar-refractivity contribution >= 4 is 11.6 Å². The Bertz CT molecular complexity index is 1360. The number of halogens is 5. The molecule has 3 heterocycles. The fourth-order valence-corrected chi connectivity index (χ4v) is 4.02. The Morgan fingerprint density at radius 1 is 0.943 bits per heavy atom. The maximum Gasteiger partial charge on any atom is 0.182 e. The molecule has 0 saturated carbocycles. The predicted octanol–water partition coefficient (Wildman–Crippen LogP) is 3.91. The Hall–Kier alpha value is -3.51. The van der Waals surface area contributed by atoms with Crippen molar-refractivity contribution in [2.75, 3.05) is 0 Å². The second-order valence-corrected chi connectivity index (χ2v) is 8.26. The second kappa shape index (κ2) is 9.62. The summed E-state index contributed by atoms with van der Waals surface area (Å²) in [4.78, 5) is 19.1. The molecular weight excluding hydrogens is 490 g/mol. The van der Waals surface area contributed by atoms with Crippen LogP contribution < -0.4 is 0 Å². The summed E-state index contributed by atoms with van der Waals surface area (Å²) in [5, 5.41) is 15.2. The Balaban J connectivity index is 1.82. The van der Waals surface area contributed by atoms with Crippen LogP contribution in [0.25, 0.3) is 0 Å². The van der Waals surface area contributed by atoms with Crippen LogP contribution in [-0.2, 0) is 12.1 Å². The van der Waals surface area contributed by atoms with E-state index in [-0.39, 0.29) is 29.2 Å². The van der Waals surface area contributed by atoms with Crippen LogP contribution in [0.1, 0.15) is 48.3 Å². The molecule has 1 aromatic carbocycles. The quantitative estimate of drug-likeness (QED) is 0.299. The molecule has 0 aliphatic carbocycles. The first-order valence-electron chi connectivity index (χ1n) is 10.3. The molecule has 13 heteroatoms. The molecular formula is C22H18ClF4N7O. The monoisotopic (exact) mass is 507 g/mol. The van der Waals surface area contributed by atoms with Crippen molar-refractivity contribution in [3.8, 4) is 0 Å². The van der Waals surface area contributed by atoms with Gasteiger partial charge in [0.15, 0.2) is 16.8 Å². The largest absolute Gasteiger partial charge is 0.382 e. The van der Waals surface area contributed by atoms with Crippen molar-refractivity contribution in [1.29, 1.82) is 0 Å². The molecule has 182 valence electrons. The third-order valence-electron chi connectivity index (χ3n) is 5.83. The standard InChI is InChI=1S/C22H18ClF4N7O/c1-11(19-17(27)21(23)32-9-30-19)18-16(26)20(31-8-29-18)12(2)22(35,6-34-10-28-7-33-34)14-4-3-13(24)5-15(14)25/h3-5,7-12,35H,6H2,1-2H3/t11?,12-,22-/m1/s1. The van der Waals surface area contributed by atoms with Crippen LogP contribution >= 0.6 is 11.6 Å². The van der Waals surface area contributed by atoms with Gasteiger partial charge in [-0.25, -0.2) is 47.2 Å². The number of aliphatic hydroxyl groups is 1. The molecule has 4 aromatic rings. The van der Waals surface area contributed by atoms with Crippen LogP contribution in [-0.4, -0.2) is 39.8 Å². The molecule has 3 atom stereocenters. The van der Waals surface area contributed by atoms with Crippen LogP contribution in [0.15, 0.2) is 43.5 Å². The zero-order valence-electron chi connectivity index (χ0n) is 18.4. The Morgan fingerprint density at radius 2 is 1.60 bits per heavy atom. The number of nitrogens with zero attached hydrogens (tertiary/aromatic N) is 7. The third kappa shape index (κ3) is 4.58. The fourth-order valence-electron chi connectivity index (χ4n) is 3.88. The molecule has 0 aliphatic rings. The van der Waals surface area contributed by atoms with Gasteiger partial charge in [-0.1, -0.05) is 31.5 Å². The van der Waals surface area contributed by atoms with Crippen molar-refractivity contribution in [2.45, 2.75) is 37.8 Å². The van der Waals surface area contributed by atoms with Gasteiger partial charge in [0.05, 0.1) is 23.6 Å². The van der Waals surface area contributed by atoms with Gasteiger partial charge in [-0.2, -0.15) is 5.10 Å². The summed E-state index contributed by atoms with van der Waals surface area (Å²) in [6.45, 7) is 2.52. The summed E-state index contributed by atoms with van der Waals surface area (Å²) >= 11 is 5.73. The fraction of sp³-hybridized carbons (Fsp3) is 0.273. The third-order valence-corrected chi connectivity index (χ3v) is 6.09. The molecule has 4 rings (SSSR count). The van der Waals surface area contributed by atoms with E-state index < -0.39 is 45.9 Å². The molecule has 0 aliphatic heterocycles. The van der Waals surface area contributed by atoms with Crippen molar-refractivity contribution in [1.82, 2.24) is 34.7 Å². The average Bonchev–Trinajstić information content (AvgIpc) is 3.33. The minimum atomic E-state index is -2.15. The number of rotatable bonds is 7. The molecule has 3 aromatic heterocycles. The molecule has 0 bridgehead atoms. The lowest BCUT2D eigenvalue weighted by Gasteiger charge is -2.34. The molecule has 0 saturated heterocycles. The van der Waals surface area contributed by atoms with Crippen molar-refractivity contribution in [2.24, 2.45) is 0 Å². The zero-order valence-corrected chi connectivity index (χ0v) is 19.1. The smallest absolute Gasteiger partial charge is 0.182 e. The van der Waals surface area contributed by atoms with Crippen LogP contribution in [0.5, 0.6) is 0 Å². The summed E-state index contributed by atoms with van der Waals surface area (Å²) in [5.41, 5.74) is -3.15. The maximum absolute atomic E-state index is 15.8. The Labute approximate surface area is 201 Å². The SMILES string of the molecule is CC(c1ncnc(Cl)c1F)c1ncnc([C@@H](C)[C@](O)(Cn2cncn2)c2ccc(F)cc2F)c1F. The zero-order chi connectivity index (χ0) is 25.3. The lowest BCUT2D eigenvalue weighted by Crippen LogP contribution is -2.39. The van der Waals surface area contributed by atoms with Crippen molar-refractivity contribution in [3.05, 3.63) is 94.6 Å². The van der Waals surface area contributed by atoms with Crippen LogP contribution in [0, 0.1) is 23.3 Å². The highest BCUT2D eigenvalue weighted by molar-refractivity contribution is 6.29. The summed E-state index contributed by atoms with van der Waals surface area (Å²) in [6, 6.07) is 2.65. The molecule has 0 fully saturated rings. The van der Waals surface area contributed by atoms with E-state index in [0.29, 0.717) is 6.07 Å². The number of hydrogen-bond acceptors (Lipinski definition) is 7. The first-order valence-corrected chi connectivity index (χ1v) is 10.7. The number of aromatic nitrogens is 7. The van der Waals surface area contributed by atoms with Gasteiger partial charge in [-0.05, 0) is 6.07 Å². The summed E-state index contributed by atoms with van der Waals surface area (Å²) < 4.78 is 59.9. The highest BCUT2D eigenvalue weighted by atomic mass is 35.5. The Morgan fingerprint density at radius 3 is 2.26 bits per heavy atom. The van der Waals surface area contributed by atoms with Crippen LogP contribution in [0.2, 0.25) is 5.15 Å². The number of hydrogen-bond donors (Lipinski definition) is 1. The molecule has 8 nitrogen and oxygen atoms in total. The summed E-state index contributed by atoms with van der Waals surface area (Å²) in [6.07, 6.45) is 4.57. The molecule has 0 radical (unpaired) electrons. The van der Waals surface area contributed by atoms with E-state index in [1.54, 1.807) is 0 Å². The van der Waals surface area contributed by atoms with Gasteiger partial charge >= 0.3 is 0 Å². The normalized spacial score (nSPS) is 15.0. The van der Waals surface area contributed by atoms with Gasteiger partial charge in [-0.15, -0.1) is 0 Å². The maximum atomic E-state index is 15.8. The Kier molecular flexibility index (Phi) is 6.77. The van der Waals surface area contributed by atoms with E-state index >= 15 is 4.39 Å². The topological polar surface area (TPSA) is 102 Å². The highest BCUT2D eigenvalue weighted by Gasteiger charge is 2.42. The number of benzene rings is 1. The first-order chi connectivity index (χ1) is 16.6. The van der Waals surface area contributed by atoms with E-state index in [9.17, 15) is 18.3 Å². The average molecular weight is 508 g/mol. The van der Waals surface area contributed by atoms with E-state index in [1.165, 1.54) is 31.2 Å². The minimum Gasteiger partial charge on any atom is -0.382 e. The molecule has 0 spiro atoms. The van der Waals surface area contributed by atoms with E-state index in [4.69, 9.17) is 11.6 Å². The molecule has 0 amide bonds. The highest BCUT2D eigenvalue weighted by Crippen LogP contribution is 2.41. The lowest BCUT2D eigenvalue weighted by atomic mass is 9.79. The first kappa shape index (κ1) is 24.6. The molecule has 1 N–H and O–H groups in total. The van der Waals surface area contributed by atoms with Gasteiger partial charge < -0.3 is 5.11 Å². The summed E-state index contributed by atoms with van der Waals surface area (Å²) in [7, 11) is 0. The second-order valence-electron chi connectivity index (χ2n) is 7.91. The van der Waals surface area contributed by atoms with E-state index in [0.717, 1.165) is 24.8 Å². The van der Waals surface area contributed by atoms with Gasteiger partial charge in [0, 0.05) is 23.5 Å². The predicted molar refractivity (Wildman–Crippen MR) is 115 cm³/mol. The van der Waals surface area contributed by atoms with Crippen LogP contribution in [0.4, 0.5) is 17.6 Å². The summed E-state index contributed by atoms with van der Waals surface area (Å²) in [5.74, 6) is -5.99. The van der Waals surface area contributed by atoms with Gasteiger partial charge in [0.25, 0.3) is 0 Å². The van der Waals surface area contributed by atoms with Gasteiger partial charge in [0.1, 0.15) is 42.5 Å². The van der Waals surface area contributed by atoms with Crippen molar-refractivity contribution in [3.63, 3.8) is 0 Å². The van der Waals surface area contributed by atoms with Gasteiger partial charge in [0.2, 0.25) is 0 Å². The molecule has 1 unspecified atom stereocenters. The minimum absolute atomic E-state index is 0.191. The van der Waals surface area contributed by atoms with Crippen molar-refractivity contribution < 1.29 is 22.7 Å². The van der Waals surface area contributed by atoms with Crippen LogP contribution in [0.3, 0.4) is 0 Å². The van der Waals surface area contributed by atoms with E-state index in [1.807, 2.05) is 0 Å².